The number of ether oxygens (including phenoxy) is 1. The second-order valence-corrected chi connectivity index (χ2v) is 2.97. The van der Waals surface area contributed by atoms with Crippen molar-refractivity contribution in [2.24, 2.45) is 5.73 Å². The fourth-order valence-electron chi connectivity index (χ4n) is 0.699. The van der Waals surface area contributed by atoms with Gasteiger partial charge in [0.1, 0.15) is 6.26 Å². The standard InChI is InChI=1S/C11H16N2O3/c1-3-10(14)13-6-4-7-16-8-5-9(2)11(12)15/h3,8H,1,4,6-7H2,2H3,(H2,12,15)(H,13,14). The summed E-state index contributed by atoms with van der Waals surface area (Å²) in [5.41, 5.74) is 7.87. The number of nitrogens with one attached hydrogen (secondary N) is 1. The third kappa shape index (κ3) is 7.41. The largest absolute Gasteiger partial charge is 0.493 e. The van der Waals surface area contributed by atoms with Gasteiger partial charge in [0.25, 0.3) is 5.91 Å². The summed E-state index contributed by atoms with van der Waals surface area (Å²) in [7, 11) is 0. The summed E-state index contributed by atoms with van der Waals surface area (Å²) in [6, 6.07) is 0. The van der Waals surface area contributed by atoms with Crippen LogP contribution in [0.5, 0.6) is 0 Å². The molecule has 0 unspecified atom stereocenters. The first-order valence-corrected chi connectivity index (χ1v) is 4.81. The van der Waals surface area contributed by atoms with Gasteiger partial charge in [-0.3, -0.25) is 9.59 Å². The number of hydrogen-bond acceptors (Lipinski definition) is 3. The molecule has 0 aliphatic heterocycles. The zero-order valence-corrected chi connectivity index (χ0v) is 9.29. The van der Waals surface area contributed by atoms with Gasteiger partial charge < -0.3 is 15.8 Å². The van der Waals surface area contributed by atoms with E-state index in [0.717, 1.165) is 0 Å². The van der Waals surface area contributed by atoms with E-state index in [1.54, 1.807) is 6.92 Å². The lowest BCUT2D eigenvalue weighted by Gasteiger charge is -2.01. The molecule has 0 aromatic heterocycles. The summed E-state index contributed by atoms with van der Waals surface area (Å²) in [5, 5.41) is 2.60. The molecule has 0 aliphatic rings. The van der Waals surface area contributed by atoms with E-state index in [1.807, 2.05) is 0 Å². The molecule has 0 spiro atoms. The van der Waals surface area contributed by atoms with Gasteiger partial charge in [-0.15, -0.1) is 0 Å². The number of rotatable bonds is 7. The van der Waals surface area contributed by atoms with Gasteiger partial charge in [-0.05, 0) is 19.4 Å². The number of carbonyl (C=O) groups excluding carboxylic acids is 2. The molecule has 0 saturated carbocycles. The predicted octanol–water partition coefficient (Wildman–Crippen LogP) is 0.239. The second-order valence-electron chi connectivity index (χ2n) is 2.97. The highest BCUT2D eigenvalue weighted by Crippen LogP contribution is 1.87. The Morgan fingerprint density at radius 1 is 1.56 bits per heavy atom. The lowest BCUT2D eigenvalue weighted by Crippen LogP contribution is -2.22. The molecule has 0 fully saturated rings. The monoisotopic (exact) mass is 224 g/mol. The first kappa shape index (κ1) is 14.0. The molecule has 16 heavy (non-hydrogen) atoms. The van der Waals surface area contributed by atoms with E-state index in [9.17, 15) is 9.59 Å². The fraction of sp³-hybridized carbons (Fsp3) is 0.364. The highest BCUT2D eigenvalue weighted by molar-refractivity contribution is 5.90. The summed E-state index contributed by atoms with van der Waals surface area (Å²) in [6.45, 7) is 5.81. The van der Waals surface area contributed by atoms with Gasteiger partial charge in [0.2, 0.25) is 5.91 Å². The molecule has 0 rings (SSSR count). The molecule has 0 heterocycles. The van der Waals surface area contributed by atoms with E-state index in [4.69, 9.17) is 10.5 Å². The van der Waals surface area contributed by atoms with Gasteiger partial charge in [0, 0.05) is 6.54 Å². The highest BCUT2D eigenvalue weighted by atomic mass is 16.5. The predicted molar refractivity (Wildman–Crippen MR) is 60.2 cm³/mol. The minimum atomic E-state index is -0.530. The Morgan fingerprint density at radius 3 is 2.81 bits per heavy atom. The van der Waals surface area contributed by atoms with E-state index >= 15 is 0 Å². The summed E-state index contributed by atoms with van der Waals surface area (Å²) in [4.78, 5) is 21.3. The van der Waals surface area contributed by atoms with Gasteiger partial charge in [-0.2, -0.15) is 0 Å². The molecule has 0 aromatic carbocycles. The smallest absolute Gasteiger partial charge is 0.252 e. The zero-order chi connectivity index (χ0) is 12.4. The molecule has 0 bridgehead atoms. The summed E-state index contributed by atoms with van der Waals surface area (Å²) in [5.74, 6) is -0.738. The molecular formula is C11H16N2O3. The van der Waals surface area contributed by atoms with Crippen molar-refractivity contribution >= 4 is 11.8 Å². The Kier molecular flexibility index (Phi) is 7.28. The Morgan fingerprint density at radius 2 is 2.25 bits per heavy atom. The number of nitrogens with two attached hydrogens (primary N) is 1. The normalized spacial score (nSPS) is 8.56. The lowest BCUT2D eigenvalue weighted by atomic mass is 10.3. The van der Waals surface area contributed by atoms with Crippen LogP contribution >= 0.6 is 0 Å². The van der Waals surface area contributed by atoms with E-state index in [2.05, 4.69) is 17.6 Å². The topological polar surface area (TPSA) is 81.4 Å². The van der Waals surface area contributed by atoms with Crippen molar-refractivity contribution in [3.05, 3.63) is 30.2 Å². The summed E-state index contributed by atoms with van der Waals surface area (Å²) in [6.07, 6.45) is 3.16. The van der Waals surface area contributed by atoms with Crippen LogP contribution in [0, 0.1) is 0 Å². The number of hydrogen-bond donors (Lipinski definition) is 2. The Hall–Kier alpha value is -2.00. The molecule has 0 aliphatic carbocycles. The van der Waals surface area contributed by atoms with Crippen molar-refractivity contribution in [3.63, 3.8) is 0 Å². The molecule has 0 radical (unpaired) electrons. The minimum absolute atomic E-state index is 0.208. The van der Waals surface area contributed by atoms with E-state index in [0.29, 0.717) is 25.1 Å². The molecule has 5 nitrogen and oxygen atoms in total. The quantitative estimate of drug-likeness (QED) is 0.281. The van der Waals surface area contributed by atoms with Crippen molar-refractivity contribution in [2.75, 3.05) is 13.2 Å². The maximum atomic E-state index is 10.7. The average Bonchev–Trinajstić information content (AvgIpc) is 2.26. The molecule has 0 aromatic rings. The van der Waals surface area contributed by atoms with Crippen molar-refractivity contribution in [1.29, 1.82) is 0 Å². The van der Waals surface area contributed by atoms with Crippen LogP contribution < -0.4 is 11.1 Å². The maximum Gasteiger partial charge on any atom is 0.252 e. The van der Waals surface area contributed by atoms with E-state index in [-0.39, 0.29) is 5.91 Å². The second kappa shape index (κ2) is 8.32. The molecule has 3 N–H and O–H groups in total. The zero-order valence-electron chi connectivity index (χ0n) is 9.29. The van der Waals surface area contributed by atoms with Crippen LogP contribution in [0.2, 0.25) is 0 Å². The van der Waals surface area contributed by atoms with Crippen LogP contribution in [0.25, 0.3) is 0 Å². The highest BCUT2D eigenvalue weighted by Gasteiger charge is 1.93. The average molecular weight is 224 g/mol. The molecule has 0 saturated heterocycles. The van der Waals surface area contributed by atoms with Crippen molar-refractivity contribution < 1.29 is 14.3 Å². The molecule has 2 amide bonds. The van der Waals surface area contributed by atoms with E-state index < -0.39 is 5.91 Å². The minimum Gasteiger partial charge on any atom is -0.493 e. The van der Waals surface area contributed by atoms with Crippen LogP contribution in [0.1, 0.15) is 13.3 Å². The van der Waals surface area contributed by atoms with Gasteiger partial charge in [-0.25, -0.2) is 0 Å². The van der Waals surface area contributed by atoms with Crippen LogP contribution in [-0.4, -0.2) is 25.0 Å². The summed E-state index contributed by atoms with van der Waals surface area (Å²) < 4.78 is 5.03. The number of amides is 2. The van der Waals surface area contributed by atoms with Gasteiger partial charge in [-0.1, -0.05) is 12.3 Å². The van der Waals surface area contributed by atoms with E-state index in [1.165, 1.54) is 12.3 Å². The van der Waals surface area contributed by atoms with Crippen molar-refractivity contribution in [1.82, 2.24) is 5.32 Å². The molecule has 5 heteroatoms. The molecule has 0 atom stereocenters. The van der Waals surface area contributed by atoms with Crippen LogP contribution in [0.3, 0.4) is 0 Å². The number of carbonyl (C=O) groups is 2. The first-order valence-electron chi connectivity index (χ1n) is 4.81. The van der Waals surface area contributed by atoms with Crippen molar-refractivity contribution in [3.8, 4) is 0 Å². The maximum absolute atomic E-state index is 10.7. The SMILES string of the molecule is C=CC(=O)NCCCOC=C=C(C)C(N)=O. The Bertz CT molecular complexity index is 328. The van der Waals surface area contributed by atoms with Crippen LogP contribution in [0.15, 0.2) is 30.2 Å². The molecule has 88 valence electrons. The van der Waals surface area contributed by atoms with Gasteiger partial charge >= 0.3 is 0 Å². The van der Waals surface area contributed by atoms with Gasteiger partial charge in [0.05, 0.1) is 12.2 Å². The molecular weight excluding hydrogens is 208 g/mol. The van der Waals surface area contributed by atoms with Crippen LogP contribution in [-0.2, 0) is 14.3 Å². The third-order valence-corrected chi connectivity index (χ3v) is 1.65. The summed E-state index contributed by atoms with van der Waals surface area (Å²) >= 11 is 0. The Labute approximate surface area is 94.6 Å². The number of primary amides is 1. The van der Waals surface area contributed by atoms with Gasteiger partial charge in [0.15, 0.2) is 0 Å². The third-order valence-electron chi connectivity index (χ3n) is 1.65. The Balaban J connectivity index is 3.61. The van der Waals surface area contributed by atoms with Crippen LogP contribution in [0.4, 0.5) is 0 Å². The fourth-order valence-corrected chi connectivity index (χ4v) is 0.699. The van der Waals surface area contributed by atoms with Crippen molar-refractivity contribution in [2.45, 2.75) is 13.3 Å². The first-order chi connectivity index (χ1) is 7.57. The lowest BCUT2D eigenvalue weighted by molar-refractivity contribution is -0.116.